The smallest absolute Gasteiger partial charge is 0.321 e. The van der Waals surface area contributed by atoms with Crippen molar-refractivity contribution in [3.8, 4) is 10.7 Å². The molecule has 9 heteroatoms. The lowest BCUT2D eigenvalue weighted by Gasteiger charge is -2.56. The Morgan fingerprint density at radius 3 is 2.48 bits per heavy atom. The van der Waals surface area contributed by atoms with Crippen molar-refractivity contribution < 1.29 is 9.59 Å². The van der Waals surface area contributed by atoms with Gasteiger partial charge in [-0.25, -0.2) is 4.79 Å². The van der Waals surface area contributed by atoms with Gasteiger partial charge >= 0.3 is 6.03 Å². The highest BCUT2D eigenvalue weighted by molar-refractivity contribution is 8.00. The molecular weight excluding hydrogens is 430 g/mol. The fourth-order valence-corrected chi connectivity index (χ4v) is 7.84. The van der Waals surface area contributed by atoms with Crippen molar-refractivity contribution in [2.45, 2.75) is 74.9 Å². The van der Waals surface area contributed by atoms with Gasteiger partial charge < -0.3 is 9.88 Å². The van der Waals surface area contributed by atoms with Gasteiger partial charge in [0.15, 0.2) is 11.0 Å². The lowest BCUT2D eigenvalue weighted by atomic mass is 9.53. The average Bonchev–Trinajstić information content (AvgIpc) is 3.35. The topological polar surface area (TPSA) is 88.9 Å². The highest BCUT2D eigenvalue weighted by Crippen LogP contribution is 2.55. The first-order valence-corrected chi connectivity index (χ1v) is 13.0. The number of urea groups is 1. The van der Waals surface area contributed by atoms with E-state index in [0.717, 1.165) is 47.7 Å². The Morgan fingerprint density at radius 2 is 1.90 bits per heavy atom. The number of aromatic nitrogens is 3. The molecule has 4 bridgehead atoms. The fourth-order valence-electron chi connectivity index (χ4n) is 6.21. The summed E-state index contributed by atoms with van der Waals surface area (Å²) in [7, 11) is 0. The molecule has 0 aromatic carbocycles. The molecule has 3 amide bonds. The quantitative estimate of drug-likeness (QED) is 0.629. The van der Waals surface area contributed by atoms with Crippen molar-refractivity contribution in [3.63, 3.8) is 0 Å². The molecule has 0 saturated heterocycles. The third-order valence-corrected chi connectivity index (χ3v) is 9.03. The first-order chi connectivity index (χ1) is 14.9. The number of imide groups is 1. The fraction of sp³-hybridized carbons (Fsp3) is 0.636. The lowest BCUT2D eigenvalue weighted by Crippen LogP contribution is -2.62. The molecule has 4 saturated carbocycles. The largest absolute Gasteiger partial charge is 0.332 e. The number of nitrogens with zero attached hydrogens (tertiary/aromatic N) is 3. The molecule has 166 valence electrons. The van der Waals surface area contributed by atoms with Gasteiger partial charge in [-0.05, 0) is 81.6 Å². The summed E-state index contributed by atoms with van der Waals surface area (Å²) in [6, 6.07) is 3.65. The Kier molecular flexibility index (Phi) is 5.58. The standard InChI is InChI=1S/C22H29N5O2S2/c1-3-27-18(17-5-4-6-30-17)25-26-21(27)31-13(2)19(28)23-20(29)24-22-10-14-7-15(11-22)9-16(8-14)12-22/h4-6,13-16H,3,7-12H2,1-2H3,(H2,23,24,28,29). The van der Waals surface area contributed by atoms with E-state index in [1.54, 1.807) is 18.3 Å². The highest BCUT2D eigenvalue weighted by atomic mass is 32.2. The minimum atomic E-state index is -0.451. The first-order valence-electron chi connectivity index (χ1n) is 11.2. The van der Waals surface area contributed by atoms with Gasteiger partial charge in [0, 0.05) is 12.1 Å². The predicted octanol–water partition coefficient (Wildman–Crippen LogP) is 4.30. The van der Waals surface area contributed by atoms with Crippen molar-refractivity contribution in [1.82, 2.24) is 25.4 Å². The average molecular weight is 460 g/mol. The molecule has 2 aromatic heterocycles. The van der Waals surface area contributed by atoms with E-state index in [1.807, 2.05) is 29.0 Å². The molecule has 0 radical (unpaired) electrons. The van der Waals surface area contributed by atoms with Crippen LogP contribution in [0.3, 0.4) is 0 Å². The zero-order chi connectivity index (χ0) is 21.6. The second-order valence-electron chi connectivity index (χ2n) is 9.43. The van der Waals surface area contributed by atoms with Crippen LogP contribution in [-0.2, 0) is 11.3 Å². The first kappa shape index (κ1) is 21.0. The van der Waals surface area contributed by atoms with Gasteiger partial charge in [0.25, 0.3) is 0 Å². The number of hydrogen-bond acceptors (Lipinski definition) is 6. The van der Waals surface area contributed by atoms with Crippen LogP contribution < -0.4 is 10.6 Å². The molecule has 0 aliphatic heterocycles. The van der Waals surface area contributed by atoms with Crippen molar-refractivity contribution in [1.29, 1.82) is 0 Å². The molecule has 6 rings (SSSR count). The van der Waals surface area contributed by atoms with Crippen molar-refractivity contribution in [3.05, 3.63) is 17.5 Å². The van der Waals surface area contributed by atoms with Gasteiger partial charge in [-0.3, -0.25) is 10.1 Å². The van der Waals surface area contributed by atoms with E-state index < -0.39 is 5.25 Å². The molecule has 1 unspecified atom stereocenters. The molecule has 31 heavy (non-hydrogen) atoms. The number of carbonyl (C=O) groups is 2. The Labute approximate surface area is 190 Å². The third-order valence-electron chi connectivity index (χ3n) is 7.08. The van der Waals surface area contributed by atoms with Gasteiger partial charge in [-0.1, -0.05) is 17.8 Å². The van der Waals surface area contributed by atoms with Gasteiger partial charge in [-0.2, -0.15) is 0 Å². The molecule has 4 aliphatic rings. The zero-order valence-corrected chi connectivity index (χ0v) is 19.6. The van der Waals surface area contributed by atoms with Gasteiger partial charge in [0.2, 0.25) is 5.91 Å². The van der Waals surface area contributed by atoms with Crippen LogP contribution >= 0.6 is 23.1 Å². The van der Waals surface area contributed by atoms with Gasteiger partial charge in [-0.15, -0.1) is 21.5 Å². The minimum absolute atomic E-state index is 0.104. The van der Waals surface area contributed by atoms with Gasteiger partial charge in [0.1, 0.15) is 0 Å². The number of carbonyl (C=O) groups excluding carboxylic acids is 2. The SMILES string of the molecule is CCn1c(SC(C)C(=O)NC(=O)NC23CC4CC(CC(C4)C2)C3)nnc1-c1cccs1. The van der Waals surface area contributed by atoms with E-state index in [2.05, 4.69) is 20.8 Å². The summed E-state index contributed by atoms with van der Waals surface area (Å²) < 4.78 is 2.01. The summed E-state index contributed by atoms with van der Waals surface area (Å²) >= 11 is 2.95. The second-order valence-corrected chi connectivity index (χ2v) is 11.7. The number of amides is 3. The van der Waals surface area contributed by atoms with Crippen LogP contribution in [0.4, 0.5) is 4.79 Å². The predicted molar refractivity (Wildman–Crippen MR) is 122 cm³/mol. The maximum atomic E-state index is 12.7. The summed E-state index contributed by atoms with van der Waals surface area (Å²) in [4.78, 5) is 26.5. The molecule has 7 nitrogen and oxygen atoms in total. The van der Waals surface area contributed by atoms with Crippen LogP contribution in [0.1, 0.15) is 52.4 Å². The summed E-state index contributed by atoms with van der Waals surface area (Å²) in [5.41, 5.74) is -0.104. The Balaban J connectivity index is 1.20. The maximum absolute atomic E-state index is 12.7. The van der Waals surface area contributed by atoms with Crippen LogP contribution in [-0.4, -0.2) is 37.5 Å². The third kappa shape index (κ3) is 4.14. The number of nitrogens with one attached hydrogen (secondary N) is 2. The van der Waals surface area contributed by atoms with Crippen LogP contribution in [0.2, 0.25) is 0 Å². The van der Waals surface area contributed by atoms with E-state index in [1.165, 1.54) is 31.0 Å². The van der Waals surface area contributed by atoms with E-state index in [9.17, 15) is 9.59 Å². The number of thioether (sulfide) groups is 1. The molecule has 2 aromatic rings. The molecule has 4 aliphatic carbocycles. The highest BCUT2D eigenvalue weighted by Gasteiger charge is 2.51. The lowest BCUT2D eigenvalue weighted by molar-refractivity contribution is -0.119. The van der Waals surface area contributed by atoms with Crippen molar-refractivity contribution >= 4 is 35.0 Å². The van der Waals surface area contributed by atoms with E-state index in [-0.39, 0.29) is 17.5 Å². The Bertz CT molecular complexity index is 935. The van der Waals surface area contributed by atoms with Crippen molar-refractivity contribution in [2.75, 3.05) is 0 Å². The monoisotopic (exact) mass is 459 g/mol. The number of rotatable bonds is 6. The summed E-state index contributed by atoms with van der Waals surface area (Å²) in [5, 5.41) is 16.6. The number of hydrogen-bond donors (Lipinski definition) is 2. The normalized spacial score (nSPS) is 29.7. The number of thiophene rings is 1. The molecule has 0 spiro atoms. The summed E-state index contributed by atoms with van der Waals surface area (Å²) in [6.07, 6.45) is 7.16. The maximum Gasteiger partial charge on any atom is 0.321 e. The van der Waals surface area contributed by atoms with E-state index in [0.29, 0.717) is 11.7 Å². The van der Waals surface area contributed by atoms with E-state index >= 15 is 0 Å². The van der Waals surface area contributed by atoms with Crippen LogP contribution in [0.25, 0.3) is 10.7 Å². The molecular formula is C22H29N5O2S2. The molecule has 4 fully saturated rings. The second kappa shape index (κ2) is 8.24. The Hall–Kier alpha value is -1.87. The summed E-state index contributed by atoms with van der Waals surface area (Å²) in [5.74, 6) is 2.75. The van der Waals surface area contributed by atoms with Crippen LogP contribution in [0.15, 0.2) is 22.7 Å². The van der Waals surface area contributed by atoms with E-state index in [4.69, 9.17) is 0 Å². The zero-order valence-electron chi connectivity index (χ0n) is 18.0. The van der Waals surface area contributed by atoms with Crippen LogP contribution in [0.5, 0.6) is 0 Å². The molecule has 2 heterocycles. The summed E-state index contributed by atoms with van der Waals surface area (Å²) in [6.45, 7) is 4.55. The van der Waals surface area contributed by atoms with Gasteiger partial charge in [0.05, 0.1) is 10.1 Å². The van der Waals surface area contributed by atoms with Crippen LogP contribution in [0, 0.1) is 17.8 Å². The minimum Gasteiger partial charge on any atom is -0.332 e. The van der Waals surface area contributed by atoms with Crippen molar-refractivity contribution in [2.24, 2.45) is 17.8 Å². The molecule has 2 N–H and O–H groups in total. The Morgan fingerprint density at radius 1 is 1.23 bits per heavy atom. The molecule has 1 atom stereocenters.